The molecule has 38 heteroatoms. The van der Waals surface area contributed by atoms with E-state index in [9.17, 15) is 51.1 Å². The largest absolute Gasteiger partial charge is 0.465 e. The van der Waals surface area contributed by atoms with Crippen LogP contribution in [0, 0.1) is 30.2 Å². The molecule has 5 heterocycles. The van der Waals surface area contributed by atoms with Crippen LogP contribution < -0.4 is 21.7 Å². The van der Waals surface area contributed by atoms with Crippen LogP contribution in [0.3, 0.4) is 0 Å². The van der Waals surface area contributed by atoms with E-state index in [0.717, 1.165) is 54.8 Å². The van der Waals surface area contributed by atoms with Crippen LogP contribution in [0.2, 0.25) is 0 Å². The number of alkyl halides is 1. The van der Waals surface area contributed by atoms with Gasteiger partial charge in [0.25, 0.3) is 0 Å². The summed E-state index contributed by atoms with van der Waals surface area (Å²) >= 11 is 31.4. The molecule has 0 spiro atoms. The number of rotatable bonds is 27. The number of nitrogen functional groups attached to an aromatic ring is 1. The van der Waals surface area contributed by atoms with Gasteiger partial charge in [-0.25, -0.2) is 53.0 Å². The molecule has 9 aromatic rings. The van der Waals surface area contributed by atoms with Crippen LogP contribution in [0.25, 0.3) is 16.3 Å². The zero-order chi connectivity index (χ0) is 81.5. The molecule has 0 aliphatic carbocycles. The molecule has 5 aromatic heterocycles. The summed E-state index contributed by atoms with van der Waals surface area (Å²) in [5, 5.41) is 18.4. The highest BCUT2D eigenvalue weighted by Gasteiger charge is 2.26. The second-order valence-electron chi connectivity index (χ2n) is 22.8. The molecule has 0 radical (unpaired) electrons. The summed E-state index contributed by atoms with van der Waals surface area (Å²) in [5.74, 6) is 0.360. The van der Waals surface area contributed by atoms with Crippen LogP contribution in [0.15, 0.2) is 143 Å². The fraction of sp³-hybridized carbons (Fsp3) is 0.333. The number of halogens is 9. The van der Waals surface area contributed by atoms with Crippen molar-refractivity contribution in [1.29, 1.82) is 0 Å². The number of esters is 2. The lowest BCUT2D eigenvalue weighted by atomic mass is 10.0. The number of hydrogen-bond donors (Lipinski definition) is 3. The van der Waals surface area contributed by atoms with Gasteiger partial charge in [0, 0.05) is 57.1 Å². The number of aryl methyl sites for hydroxylation is 1. The number of ketones is 5. The van der Waals surface area contributed by atoms with Crippen LogP contribution in [-0.2, 0) is 23.9 Å². The van der Waals surface area contributed by atoms with E-state index in [-0.39, 0.29) is 77.9 Å². The molecule has 0 amide bonds. The molecule has 110 heavy (non-hydrogen) atoms. The van der Waals surface area contributed by atoms with Crippen molar-refractivity contribution in [2.45, 2.75) is 149 Å². The molecule has 0 bridgehead atoms. The maximum Gasteiger partial charge on any atom is 0.327 e. The van der Waals surface area contributed by atoms with Crippen molar-refractivity contribution < 1.29 is 60.6 Å². The average Bonchev–Trinajstić information content (AvgIpc) is 1.62. The number of hydrazone groups is 2. The van der Waals surface area contributed by atoms with E-state index >= 15 is 0 Å². The minimum atomic E-state index is -0.658. The highest BCUT2D eigenvalue weighted by molar-refractivity contribution is 9.11. The molecule has 9 rings (SSSR count). The smallest absolute Gasteiger partial charge is 0.327 e. The Morgan fingerprint density at radius 1 is 0.573 bits per heavy atom. The monoisotopic (exact) mass is 1940 g/mol. The molecule has 0 aliphatic rings. The molecule has 4 N–H and O–H groups in total. The Kier molecular flexibility index (Phi) is 44.2. The predicted molar refractivity (Wildman–Crippen MR) is 459 cm³/mol. The number of Topliss-reactive ketones (excluding diaryl/α,β-unsaturated/α-hetero) is 5. The number of thiazole rings is 4. The van der Waals surface area contributed by atoms with Crippen molar-refractivity contribution in [1.82, 2.24) is 29.7 Å². The Labute approximate surface area is 708 Å². The molecule has 0 atom stereocenters. The van der Waals surface area contributed by atoms with Gasteiger partial charge in [0.15, 0.2) is 16.7 Å². The predicted octanol–water partition coefficient (Wildman–Crippen LogP) is 22.0. The Balaban J connectivity index is 0.000000359. The molecular weight excluding hydrogens is 1860 g/mol. The van der Waals surface area contributed by atoms with Gasteiger partial charge in [-0.3, -0.25) is 44.4 Å². The van der Waals surface area contributed by atoms with Gasteiger partial charge in [0.2, 0.25) is 32.7 Å². The number of nitrogens with one attached hydrogen (secondary N) is 2. The van der Waals surface area contributed by atoms with Crippen LogP contribution in [0.5, 0.6) is 0 Å². The number of nitrogens with two attached hydrogens (primary N) is 1. The quantitative estimate of drug-likeness (QED) is 0.00496. The van der Waals surface area contributed by atoms with Gasteiger partial charge in [0.05, 0.1) is 35.7 Å². The van der Waals surface area contributed by atoms with Gasteiger partial charge < -0.3 is 9.47 Å². The Morgan fingerprint density at radius 2 is 0.982 bits per heavy atom. The van der Waals surface area contributed by atoms with Crippen molar-refractivity contribution in [2.75, 3.05) is 41.5 Å². The minimum absolute atomic E-state index is 0. The van der Waals surface area contributed by atoms with E-state index in [4.69, 9.17) is 22.2 Å². The van der Waals surface area contributed by atoms with E-state index in [2.05, 4.69) is 170 Å². The van der Waals surface area contributed by atoms with E-state index in [0.29, 0.717) is 70.1 Å². The second-order valence-corrected chi connectivity index (χ2v) is 37.4. The second kappa shape index (κ2) is 49.5. The van der Waals surface area contributed by atoms with Crippen LogP contribution in [0.4, 0.5) is 33.0 Å². The summed E-state index contributed by atoms with van der Waals surface area (Å²) in [6.45, 7) is 28.3. The van der Waals surface area contributed by atoms with Crippen LogP contribution in [0.1, 0.15) is 152 Å². The van der Waals surface area contributed by atoms with Gasteiger partial charge in [-0.1, -0.05) is 157 Å². The number of aromatic nitrogens is 6. The normalized spacial score (nSPS) is 11.0. The molecule has 0 saturated heterocycles. The summed E-state index contributed by atoms with van der Waals surface area (Å²) in [6.07, 6.45) is 0. The maximum absolute atomic E-state index is 13.7. The van der Waals surface area contributed by atoms with Gasteiger partial charge in [-0.05, 0) is 152 Å². The van der Waals surface area contributed by atoms with E-state index in [1.54, 1.807) is 102 Å². The maximum atomic E-state index is 13.7. The van der Waals surface area contributed by atoms with Crippen molar-refractivity contribution in [2.24, 2.45) is 16.0 Å². The summed E-state index contributed by atoms with van der Waals surface area (Å²) in [6, 6.07) is 22.2. The van der Waals surface area contributed by atoms with Crippen LogP contribution >= 0.6 is 168 Å². The molecule has 0 unspecified atom stereocenters. The van der Waals surface area contributed by atoms with E-state index in [1.165, 1.54) is 120 Å². The van der Waals surface area contributed by atoms with Gasteiger partial charge in [0.1, 0.15) is 71.2 Å². The van der Waals surface area contributed by atoms with E-state index in [1.807, 2.05) is 6.92 Å². The Morgan fingerprint density at radius 3 is 1.40 bits per heavy atom. The lowest BCUT2D eigenvalue weighted by Crippen LogP contribution is -2.28. The summed E-state index contributed by atoms with van der Waals surface area (Å²) in [5.41, 5.74) is 8.53. The molecular formula is C72H81Br4ClF4N12O9S8. The van der Waals surface area contributed by atoms with E-state index < -0.39 is 40.8 Å². The van der Waals surface area contributed by atoms with Gasteiger partial charge in [-0.2, -0.15) is 15.3 Å². The molecule has 0 saturated carbocycles. The molecule has 0 aliphatic heterocycles. The molecule has 0 fully saturated rings. The summed E-state index contributed by atoms with van der Waals surface area (Å²) in [4.78, 5) is 98.3. The third-order valence-electron chi connectivity index (χ3n) is 12.4. The standard InChI is InChI=1S/C19H21BrFN3O3S2.C18H17BrFN3OS2.C15H15BrFN3OS2.C9H7FO2.C6H10BrN3S2.C4H7ClO2.CH4/c1-5-27-15(25)10-24(19-22-17(20)18(29-19)28-11(2)3)23-12(4)16(26)13-7-6-8-14(21)9-13;1-9(2)25-17-16(19)21-18(26-17)23-15(11(4)24)14(10(3)22-23)12-6-5-7-13(20)8-12;1-8(2)22-14-13(16)18-15(23-14)20-19-9(3)12(21)10-5-4-6-11(17)7-10;1-6(11)9(12)7-3-2-4-8(10)5-7;1-3(2)11-5-4(7)9-6(10-8)12-5;1-2-7-4(6)3-5;/h6-9,11H,5,10H2,1-4H3;5-9H,1-4H3;4-8H,1-3H3,(H,18,20);2-5H,1H3;3H,8H2,1-2H3,(H,9,10);2-3H2,1H3;1H4/b23-12-;;19-9-;;;;. The fourth-order valence-corrected chi connectivity index (χ4v) is 20.1. The number of ether oxygens (including phenoxy) is 2. The summed E-state index contributed by atoms with van der Waals surface area (Å²) in [7, 11) is 0. The highest BCUT2D eigenvalue weighted by atomic mass is 79.9. The zero-order valence-electron chi connectivity index (χ0n) is 61.3. The lowest BCUT2D eigenvalue weighted by molar-refractivity contribution is -0.141. The fourth-order valence-electron chi connectivity index (χ4n) is 8.16. The first-order valence-corrected chi connectivity index (χ1v) is 43.0. The Hall–Kier alpha value is -6.07. The third-order valence-corrected chi connectivity index (χ3v) is 25.9. The lowest BCUT2D eigenvalue weighted by Gasteiger charge is -2.16. The number of carbonyl (C=O) groups excluding carboxylic acids is 7. The number of carbonyl (C=O) groups is 7. The van der Waals surface area contributed by atoms with Gasteiger partial charge in [-0.15, -0.1) is 58.6 Å². The van der Waals surface area contributed by atoms with Crippen molar-refractivity contribution in [3.05, 3.63) is 167 Å². The molecule has 594 valence electrons. The first-order chi connectivity index (χ1) is 51.4. The van der Waals surface area contributed by atoms with Crippen molar-refractivity contribution in [3.63, 3.8) is 0 Å². The topological polar surface area (TPSA) is 285 Å². The number of anilines is 3. The van der Waals surface area contributed by atoms with Crippen molar-refractivity contribution >= 4 is 235 Å². The number of benzene rings is 4. The SMILES string of the molecule is C.C/C(=N/Nc1nc(Br)c(SC(C)C)s1)C(=O)c1cccc(F)c1.CC(=O)C(=O)c1cccc(F)c1.CC(=O)c1c(-c2cccc(F)c2)c(C)nn1-c1nc(Br)c(SC(C)C)s1.CC(C)Sc1sc(NN)nc1Br.CCOC(=O)CCl.CCOC(=O)CN(/N=C(/C)C(=O)c1cccc(F)c1)c1nc(Br)c(SC(C)C)s1. The number of hydrogen-bond acceptors (Lipinski definition) is 28. The highest BCUT2D eigenvalue weighted by Crippen LogP contribution is 2.42. The number of hydrazine groups is 1. The molecule has 4 aromatic carbocycles. The van der Waals surface area contributed by atoms with Crippen molar-refractivity contribution in [3.8, 4) is 16.3 Å². The number of thioether (sulfide) groups is 4. The first-order valence-electron chi connectivity index (χ1n) is 32.5. The van der Waals surface area contributed by atoms with Crippen LogP contribution in [-0.4, -0.2) is 129 Å². The first kappa shape index (κ1) is 98.1. The molecule has 21 nitrogen and oxygen atoms in total. The third kappa shape index (κ3) is 33.2. The zero-order valence-corrected chi connectivity index (χ0v) is 75.0. The number of nitrogens with zero attached hydrogens (tertiary/aromatic N) is 9. The Bertz CT molecular complexity index is 4660. The van der Waals surface area contributed by atoms with Gasteiger partial charge >= 0.3 is 11.9 Å². The minimum Gasteiger partial charge on any atom is -0.465 e. The average molecular weight is 1950 g/mol. The summed E-state index contributed by atoms with van der Waals surface area (Å²) < 4.78 is 71.0.